The predicted molar refractivity (Wildman–Crippen MR) is 115 cm³/mol. The zero-order valence-electron chi connectivity index (χ0n) is 18.1. The van der Waals surface area contributed by atoms with Gasteiger partial charge in [0.05, 0.1) is 6.61 Å². The normalized spacial score (nSPS) is 19.8. The molecule has 0 unspecified atom stereocenters. The van der Waals surface area contributed by atoms with Crippen molar-refractivity contribution < 1.29 is 14.3 Å². The summed E-state index contributed by atoms with van der Waals surface area (Å²) in [5.74, 6) is 1.55. The molecule has 1 heterocycles. The molecular weight excluding hydrogens is 352 g/mol. The van der Waals surface area contributed by atoms with Crippen LogP contribution < -0.4 is 10.1 Å². The maximum absolute atomic E-state index is 12.6. The maximum atomic E-state index is 12.6. The fourth-order valence-electron chi connectivity index (χ4n) is 3.52. The summed E-state index contributed by atoms with van der Waals surface area (Å²) in [5, 5.41) is 2.96. The van der Waals surface area contributed by atoms with E-state index in [-0.39, 0.29) is 5.91 Å². The van der Waals surface area contributed by atoms with Crippen LogP contribution in [0.2, 0.25) is 0 Å². The van der Waals surface area contributed by atoms with Crippen molar-refractivity contribution in [3.05, 3.63) is 24.3 Å². The van der Waals surface area contributed by atoms with Crippen LogP contribution in [0.1, 0.15) is 59.8 Å². The molecule has 1 aromatic rings. The third-order valence-electron chi connectivity index (χ3n) is 5.52. The molecule has 0 bridgehead atoms. The van der Waals surface area contributed by atoms with E-state index in [4.69, 9.17) is 9.47 Å². The average molecular weight is 391 g/mol. The second kappa shape index (κ2) is 11.4. The largest absolute Gasteiger partial charge is 0.494 e. The zero-order chi connectivity index (χ0) is 20.4. The molecule has 0 aromatic heterocycles. The summed E-state index contributed by atoms with van der Waals surface area (Å²) in [7, 11) is 0. The lowest BCUT2D eigenvalue weighted by Crippen LogP contribution is -2.42. The van der Waals surface area contributed by atoms with Gasteiger partial charge in [-0.05, 0) is 75.8 Å². The number of piperidine rings is 1. The molecule has 1 aliphatic rings. The lowest BCUT2D eigenvalue weighted by atomic mass is 10.0. The molecule has 1 fully saturated rings. The third-order valence-corrected chi connectivity index (χ3v) is 5.52. The van der Waals surface area contributed by atoms with Gasteiger partial charge >= 0.3 is 0 Å². The predicted octanol–water partition coefficient (Wildman–Crippen LogP) is 4.72. The zero-order valence-corrected chi connectivity index (χ0v) is 18.1. The Labute approximate surface area is 170 Å². The molecule has 2 rings (SSSR count). The van der Waals surface area contributed by atoms with Crippen molar-refractivity contribution in [3.63, 3.8) is 0 Å². The Balaban J connectivity index is 1.74. The molecule has 0 spiro atoms. The minimum atomic E-state index is -0.795. The first-order valence-corrected chi connectivity index (χ1v) is 10.9. The number of carbonyl (C=O) groups is 1. The first kappa shape index (κ1) is 22.7. The van der Waals surface area contributed by atoms with Gasteiger partial charge in [-0.3, -0.25) is 4.79 Å². The van der Waals surface area contributed by atoms with E-state index < -0.39 is 5.60 Å². The van der Waals surface area contributed by atoms with Crippen LogP contribution in [0.15, 0.2) is 24.3 Å². The van der Waals surface area contributed by atoms with Crippen LogP contribution in [0.25, 0.3) is 0 Å². The Morgan fingerprint density at radius 3 is 2.64 bits per heavy atom. The van der Waals surface area contributed by atoms with Gasteiger partial charge < -0.3 is 19.7 Å². The summed E-state index contributed by atoms with van der Waals surface area (Å²) in [5.41, 5.74) is -0.0312. The second-order valence-corrected chi connectivity index (χ2v) is 8.16. The summed E-state index contributed by atoms with van der Waals surface area (Å²) in [4.78, 5) is 15.1. The van der Waals surface area contributed by atoms with E-state index in [0.717, 1.165) is 43.3 Å². The van der Waals surface area contributed by atoms with Gasteiger partial charge in [0.15, 0.2) is 0 Å². The lowest BCUT2D eigenvalue weighted by Gasteiger charge is -2.30. The van der Waals surface area contributed by atoms with Gasteiger partial charge in [0, 0.05) is 25.4 Å². The highest BCUT2D eigenvalue weighted by atomic mass is 16.5. The number of amides is 1. The molecule has 0 saturated carbocycles. The molecule has 1 amide bonds. The van der Waals surface area contributed by atoms with Gasteiger partial charge in [0.2, 0.25) is 0 Å². The highest BCUT2D eigenvalue weighted by Crippen LogP contribution is 2.21. The van der Waals surface area contributed by atoms with Crippen molar-refractivity contribution in [3.8, 4) is 5.75 Å². The van der Waals surface area contributed by atoms with Crippen molar-refractivity contribution in [1.29, 1.82) is 0 Å². The highest BCUT2D eigenvalue weighted by Gasteiger charge is 2.32. The van der Waals surface area contributed by atoms with Gasteiger partial charge in [0.25, 0.3) is 5.91 Å². The number of hydrogen-bond donors (Lipinski definition) is 1. The molecule has 1 saturated heterocycles. The van der Waals surface area contributed by atoms with Crippen molar-refractivity contribution >= 4 is 11.6 Å². The number of anilines is 1. The fraction of sp³-hybridized carbons (Fsp3) is 0.696. The van der Waals surface area contributed by atoms with Crippen LogP contribution in [0, 0.1) is 5.92 Å². The van der Waals surface area contributed by atoms with Crippen LogP contribution >= 0.6 is 0 Å². The second-order valence-electron chi connectivity index (χ2n) is 8.16. The van der Waals surface area contributed by atoms with Gasteiger partial charge in [-0.1, -0.05) is 20.8 Å². The third kappa shape index (κ3) is 7.10. The smallest absolute Gasteiger partial charge is 0.256 e. The number of benzene rings is 1. The molecular formula is C23H38N2O3. The van der Waals surface area contributed by atoms with Crippen molar-refractivity contribution in [1.82, 2.24) is 4.90 Å². The van der Waals surface area contributed by atoms with E-state index in [0.29, 0.717) is 13.0 Å². The number of ether oxygens (including phenoxy) is 2. The van der Waals surface area contributed by atoms with Crippen molar-refractivity contribution in [2.45, 2.75) is 65.4 Å². The van der Waals surface area contributed by atoms with Crippen molar-refractivity contribution in [2.24, 2.45) is 5.92 Å². The molecule has 0 aliphatic carbocycles. The number of hydrogen-bond acceptors (Lipinski definition) is 4. The van der Waals surface area contributed by atoms with E-state index in [1.54, 1.807) is 0 Å². The molecule has 5 nitrogen and oxygen atoms in total. The van der Waals surface area contributed by atoms with Crippen LogP contribution in [0.4, 0.5) is 5.69 Å². The van der Waals surface area contributed by atoms with E-state index in [2.05, 4.69) is 17.1 Å². The average Bonchev–Trinajstić information content (AvgIpc) is 2.70. The minimum Gasteiger partial charge on any atom is -0.494 e. The molecule has 0 radical (unpaired) electrons. The fourth-order valence-corrected chi connectivity index (χ4v) is 3.52. The summed E-state index contributed by atoms with van der Waals surface area (Å²) < 4.78 is 11.6. The Hall–Kier alpha value is -1.59. The SMILES string of the molecule is CCCO[C@@](C)(CC)C(=O)Nc1ccc(OCCCN2CCC[C@H](C)C2)cc1. The lowest BCUT2D eigenvalue weighted by molar-refractivity contribution is -0.139. The topological polar surface area (TPSA) is 50.8 Å². The van der Waals surface area contributed by atoms with E-state index >= 15 is 0 Å². The first-order chi connectivity index (χ1) is 13.5. The van der Waals surface area contributed by atoms with E-state index in [1.165, 1.54) is 25.9 Å². The summed E-state index contributed by atoms with van der Waals surface area (Å²) in [6.07, 6.45) is 5.24. The Morgan fingerprint density at radius 1 is 1.25 bits per heavy atom. The highest BCUT2D eigenvalue weighted by molar-refractivity contribution is 5.97. The van der Waals surface area contributed by atoms with E-state index in [1.807, 2.05) is 45.0 Å². The van der Waals surface area contributed by atoms with Gasteiger partial charge in [-0.25, -0.2) is 0 Å². The van der Waals surface area contributed by atoms with Crippen LogP contribution in [0.5, 0.6) is 5.75 Å². The number of rotatable bonds is 11. The molecule has 28 heavy (non-hydrogen) atoms. The maximum Gasteiger partial charge on any atom is 0.256 e. The molecule has 1 aromatic carbocycles. The Morgan fingerprint density at radius 2 is 2.00 bits per heavy atom. The number of nitrogens with zero attached hydrogens (tertiary/aromatic N) is 1. The Bertz CT molecular complexity index is 590. The molecule has 158 valence electrons. The van der Waals surface area contributed by atoms with Crippen LogP contribution in [-0.2, 0) is 9.53 Å². The van der Waals surface area contributed by atoms with Crippen molar-refractivity contribution in [2.75, 3.05) is 38.2 Å². The molecule has 1 N–H and O–H groups in total. The molecule has 5 heteroatoms. The van der Waals surface area contributed by atoms with Crippen LogP contribution in [0.3, 0.4) is 0 Å². The molecule has 1 aliphatic heterocycles. The number of likely N-dealkylation sites (tertiary alicyclic amines) is 1. The van der Waals surface area contributed by atoms with Gasteiger partial charge in [-0.15, -0.1) is 0 Å². The number of carbonyl (C=O) groups excluding carboxylic acids is 1. The quantitative estimate of drug-likeness (QED) is 0.556. The number of nitrogens with one attached hydrogen (secondary N) is 1. The minimum absolute atomic E-state index is 0.104. The van der Waals surface area contributed by atoms with Gasteiger partial charge in [0.1, 0.15) is 11.4 Å². The summed E-state index contributed by atoms with van der Waals surface area (Å²) in [6, 6.07) is 7.59. The Kier molecular flexibility index (Phi) is 9.26. The van der Waals surface area contributed by atoms with E-state index in [9.17, 15) is 4.79 Å². The first-order valence-electron chi connectivity index (χ1n) is 10.9. The monoisotopic (exact) mass is 390 g/mol. The summed E-state index contributed by atoms with van der Waals surface area (Å²) in [6.45, 7) is 13.0. The van der Waals surface area contributed by atoms with Crippen LogP contribution in [-0.4, -0.2) is 49.3 Å². The standard InChI is InChI=1S/C23H38N2O3/c1-5-16-28-23(4,6-2)22(26)24-20-10-12-21(13-11-20)27-17-8-15-25-14-7-9-19(3)18-25/h10-13,19H,5-9,14-18H2,1-4H3,(H,24,26)/t19-,23-/m0/s1. The van der Waals surface area contributed by atoms with Gasteiger partial charge in [-0.2, -0.15) is 0 Å². The molecule has 2 atom stereocenters. The summed E-state index contributed by atoms with van der Waals surface area (Å²) >= 11 is 0.